The summed E-state index contributed by atoms with van der Waals surface area (Å²) in [5, 5.41) is 0.271. The minimum Gasteiger partial charge on any atom is -0.460 e. The minimum absolute atomic E-state index is 0.118. The van der Waals surface area contributed by atoms with E-state index < -0.39 is 5.60 Å². The number of hydrogen-bond acceptors (Lipinski definition) is 4. The fourth-order valence-corrected chi connectivity index (χ4v) is 3.09. The van der Waals surface area contributed by atoms with Crippen LogP contribution in [0.3, 0.4) is 0 Å². The average Bonchev–Trinajstić information content (AvgIpc) is 2.51. The molecule has 0 amide bonds. The highest BCUT2D eigenvalue weighted by atomic mass is 32.2. The molecule has 0 bridgehead atoms. The van der Waals surface area contributed by atoms with Crippen molar-refractivity contribution in [2.75, 3.05) is 5.75 Å². The van der Waals surface area contributed by atoms with Crippen molar-refractivity contribution in [1.82, 2.24) is 0 Å². The monoisotopic (exact) mass is 350 g/mol. The lowest BCUT2D eigenvalue weighted by atomic mass is 10.1. The van der Waals surface area contributed by atoms with E-state index in [9.17, 15) is 9.59 Å². The standard InChI is InChI=1S/C20H30O3S/c1-20(2,3)23-18(21)13-9-4-5-10-16-24-19(22)15-14-17-11-7-6-8-12-17/h6-8,11-12H,4-5,9-10,13-16H2,1-3H3. The Morgan fingerprint density at radius 1 is 0.958 bits per heavy atom. The van der Waals surface area contributed by atoms with Crippen LogP contribution in [0.15, 0.2) is 30.3 Å². The molecule has 1 aromatic carbocycles. The number of rotatable bonds is 10. The number of carbonyl (C=O) groups excluding carboxylic acids is 2. The van der Waals surface area contributed by atoms with Crippen LogP contribution in [0.25, 0.3) is 0 Å². The minimum atomic E-state index is -0.395. The summed E-state index contributed by atoms with van der Waals surface area (Å²) in [6.45, 7) is 5.66. The first-order chi connectivity index (χ1) is 11.4. The molecule has 1 rings (SSSR count). The van der Waals surface area contributed by atoms with E-state index in [4.69, 9.17) is 4.74 Å². The van der Waals surface area contributed by atoms with Crippen molar-refractivity contribution in [1.29, 1.82) is 0 Å². The second-order valence-corrected chi connectivity index (χ2v) is 8.11. The first-order valence-electron chi connectivity index (χ1n) is 8.78. The lowest BCUT2D eigenvalue weighted by Crippen LogP contribution is -2.23. The first-order valence-corrected chi connectivity index (χ1v) is 9.77. The van der Waals surface area contributed by atoms with Gasteiger partial charge in [-0.1, -0.05) is 54.9 Å². The SMILES string of the molecule is CC(C)(C)OC(=O)CCCCCCSC(=O)CCc1ccccc1. The number of ether oxygens (including phenoxy) is 1. The molecule has 0 spiro atoms. The summed E-state index contributed by atoms with van der Waals surface area (Å²) in [5.41, 5.74) is 0.821. The molecule has 4 heteroatoms. The quantitative estimate of drug-likeness (QED) is 0.431. The van der Waals surface area contributed by atoms with E-state index in [1.54, 1.807) is 0 Å². The molecular weight excluding hydrogens is 320 g/mol. The zero-order valence-electron chi connectivity index (χ0n) is 15.2. The average molecular weight is 351 g/mol. The molecule has 0 aromatic heterocycles. The summed E-state index contributed by atoms with van der Waals surface area (Å²) in [7, 11) is 0. The van der Waals surface area contributed by atoms with Crippen LogP contribution < -0.4 is 0 Å². The van der Waals surface area contributed by atoms with Crippen LogP contribution in [0.1, 0.15) is 64.9 Å². The Bertz CT molecular complexity index is 491. The first kappa shape index (κ1) is 20.8. The van der Waals surface area contributed by atoms with E-state index >= 15 is 0 Å². The Balaban J connectivity index is 1.96. The molecule has 0 aliphatic rings. The molecule has 0 unspecified atom stereocenters. The third-order valence-electron chi connectivity index (χ3n) is 3.42. The number of hydrogen-bond donors (Lipinski definition) is 0. The second-order valence-electron chi connectivity index (χ2n) is 6.96. The van der Waals surface area contributed by atoms with Gasteiger partial charge in [-0.25, -0.2) is 0 Å². The Hall–Kier alpha value is -1.29. The van der Waals surface area contributed by atoms with Crippen LogP contribution in [0.2, 0.25) is 0 Å². The van der Waals surface area contributed by atoms with Gasteiger partial charge in [-0.05, 0) is 45.6 Å². The van der Waals surface area contributed by atoms with Crippen molar-refractivity contribution < 1.29 is 14.3 Å². The van der Waals surface area contributed by atoms with E-state index in [-0.39, 0.29) is 11.1 Å². The van der Waals surface area contributed by atoms with E-state index in [1.807, 2.05) is 39.0 Å². The van der Waals surface area contributed by atoms with Gasteiger partial charge in [-0.3, -0.25) is 9.59 Å². The van der Waals surface area contributed by atoms with Gasteiger partial charge < -0.3 is 4.74 Å². The van der Waals surface area contributed by atoms with Crippen molar-refractivity contribution in [2.45, 2.75) is 71.3 Å². The van der Waals surface area contributed by atoms with Crippen molar-refractivity contribution in [2.24, 2.45) is 0 Å². The predicted molar refractivity (Wildman–Crippen MR) is 101 cm³/mol. The summed E-state index contributed by atoms with van der Waals surface area (Å²) in [6.07, 6.45) is 5.87. The molecule has 0 N–H and O–H groups in total. The van der Waals surface area contributed by atoms with Crippen LogP contribution in [0, 0.1) is 0 Å². The molecule has 3 nitrogen and oxygen atoms in total. The summed E-state index contributed by atoms with van der Waals surface area (Å²) in [6, 6.07) is 10.1. The van der Waals surface area contributed by atoms with Gasteiger partial charge in [0.2, 0.25) is 0 Å². The van der Waals surface area contributed by atoms with Crippen LogP contribution in [-0.2, 0) is 20.7 Å². The summed E-state index contributed by atoms with van der Waals surface area (Å²) in [5.74, 6) is 0.757. The zero-order chi connectivity index (χ0) is 17.8. The third kappa shape index (κ3) is 11.3. The molecule has 134 valence electrons. The fraction of sp³-hybridized carbons (Fsp3) is 0.600. The van der Waals surface area contributed by atoms with E-state index in [1.165, 1.54) is 17.3 Å². The molecule has 0 aliphatic carbocycles. The van der Waals surface area contributed by atoms with Gasteiger partial charge in [0.15, 0.2) is 5.12 Å². The normalized spacial score (nSPS) is 11.3. The van der Waals surface area contributed by atoms with Crippen LogP contribution in [0.4, 0.5) is 0 Å². The largest absolute Gasteiger partial charge is 0.460 e. The van der Waals surface area contributed by atoms with E-state index in [2.05, 4.69) is 12.1 Å². The molecule has 0 saturated heterocycles. The molecule has 24 heavy (non-hydrogen) atoms. The zero-order valence-corrected chi connectivity index (χ0v) is 16.0. The van der Waals surface area contributed by atoms with Crippen molar-refractivity contribution in [3.05, 3.63) is 35.9 Å². The maximum Gasteiger partial charge on any atom is 0.306 e. The number of carbonyl (C=O) groups is 2. The Labute approximate surface area is 150 Å². The predicted octanol–water partition coefficient (Wildman–Crippen LogP) is 5.17. The molecule has 1 aromatic rings. The van der Waals surface area contributed by atoms with Crippen LogP contribution in [0.5, 0.6) is 0 Å². The van der Waals surface area contributed by atoms with Crippen molar-refractivity contribution in [3.63, 3.8) is 0 Å². The Kier molecular flexibility index (Phi) is 9.77. The summed E-state index contributed by atoms with van der Waals surface area (Å²) >= 11 is 1.44. The smallest absolute Gasteiger partial charge is 0.306 e. The molecule has 0 radical (unpaired) electrons. The number of unbranched alkanes of at least 4 members (excludes halogenated alkanes) is 3. The highest BCUT2D eigenvalue weighted by molar-refractivity contribution is 8.13. The van der Waals surface area contributed by atoms with Crippen molar-refractivity contribution >= 4 is 22.8 Å². The third-order valence-corrected chi connectivity index (χ3v) is 4.44. The van der Waals surface area contributed by atoms with Gasteiger partial charge >= 0.3 is 5.97 Å². The summed E-state index contributed by atoms with van der Waals surface area (Å²) < 4.78 is 5.27. The lowest BCUT2D eigenvalue weighted by Gasteiger charge is -2.19. The Morgan fingerprint density at radius 3 is 2.29 bits per heavy atom. The second kappa shape index (κ2) is 11.3. The number of esters is 1. The number of thioether (sulfide) groups is 1. The molecule has 0 atom stereocenters. The Morgan fingerprint density at radius 2 is 1.62 bits per heavy atom. The molecule has 0 saturated carbocycles. The van der Waals surface area contributed by atoms with Gasteiger partial charge in [-0.2, -0.15) is 0 Å². The fourth-order valence-electron chi connectivity index (χ4n) is 2.27. The highest BCUT2D eigenvalue weighted by Crippen LogP contribution is 2.14. The molecule has 0 aliphatic heterocycles. The number of benzene rings is 1. The number of aryl methyl sites for hydroxylation is 1. The lowest BCUT2D eigenvalue weighted by molar-refractivity contribution is -0.154. The van der Waals surface area contributed by atoms with Crippen molar-refractivity contribution in [3.8, 4) is 0 Å². The van der Waals surface area contributed by atoms with Crippen LogP contribution >= 0.6 is 11.8 Å². The van der Waals surface area contributed by atoms with Crippen LogP contribution in [-0.4, -0.2) is 22.4 Å². The highest BCUT2D eigenvalue weighted by Gasteiger charge is 2.15. The van der Waals surface area contributed by atoms with E-state index in [0.29, 0.717) is 12.8 Å². The molecule has 0 fully saturated rings. The van der Waals surface area contributed by atoms with E-state index in [0.717, 1.165) is 37.9 Å². The maximum absolute atomic E-state index is 11.8. The van der Waals surface area contributed by atoms with Gasteiger partial charge in [0, 0.05) is 18.6 Å². The maximum atomic E-state index is 11.8. The van der Waals surface area contributed by atoms with Gasteiger partial charge in [0.1, 0.15) is 5.60 Å². The summed E-state index contributed by atoms with van der Waals surface area (Å²) in [4.78, 5) is 23.4. The van der Waals surface area contributed by atoms with Gasteiger partial charge in [-0.15, -0.1) is 0 Å². The van der Waals surface area contributed by atoms with Gasteiger partial charge in [0.05, 0.1) is 0 Å². The molecular formula is C20H30O3S. The molecule has 0 heterocycles. The van der Waals surface area contributed by atoms with Gasteiger partial charge in [0.25, 0.3) is 0 Å². The topological polar surface area (TPSA) is 43.4 Å².